The minimum Gasteiger partial charge on any atom is -0.299 e. The molecule has 1 aliphatic rings. The maximum atomic E-state index is 11.6. The summed E-state index contributed by atoms with van der Waals surface area (Å²) < 4.78 is 0. The lowest BCUT2D eigenvalue weighted by Crippen LogP contribution is -2.33. The lowest BCUT2D eigenvalue weighted by atomic mass is 9.67. The third-order valence-electron chi connectivity index (χ3n) is 3.24. The largest absolute Gasteiger partial charge is 0.299 e. The fourth-order valence-corrected chi connectivity index (χ4v) is 2.34. The predicted octanol–water partition coefficient (Wildman–Crippen LogP) is 3.18. The van der Waals surface area contributed by atoms with Crippen LogP contribution >= 0.6 is 0 Å². The summed E-state index contributed by atoms with van der Waals surface area (Å²) in [6, 6.07) is 0. The Hall–Kier alpha value is -0.330. The second-order valence-corrected chi connectivity index (χ2v) is 4.61. The Bertz CT molecular complexity index is 170. The minimum absolute atomic E-state index is 0.269. The zero-order valence-electron chi connectivity index (χ0n) is 8.52. The highest BCUT2D eigenvalue weighted by molar-refractivity contribution is 5.81. The number of hydrogen-bond acceptors (Lipinski definition) is 1. The summed E-state index contributed by atoms with van der Waals surface area (Å²) in [5, 5.41) is 0. The summed E-state index contributed by atoms with van der Waals surface area (Å²) in [5.41, 5.74) is 0.269. The molecule has 0 amide bonds. The van der Waals surface area contributed by atoms with Gasteiger partial charge >= 0.3 is 0 Å². The Kier molecular flexibility index (Phi) is 2.92. The molecule has 0 heterocycles. The smallest absolute Gasteiger partial charge is 0.136 e. The molecule has 0 N–H and O–H groups in total. The first kappa shape index (κ1) is 9.76. The molecule has 0 bridgehead atoms. The van der Waals surface area contributed by atoms with Gasteiger partial charge in [0.15, 0.2) is 0 Å². The van der Waals surface area contributed by atoms with Crippen molar-refractivity contribution in [2.24, 2.45) is 11.3 Å². The van der Waals surface area contributed by atoms with Crippen molar-refractivity contribution >= 4 is 5.78 Å². The quantitative estimate of drug-likeness (QED) is 0.619. The Morgan fingerprint density at radius 1 is 1.42 bits per heavy atom. The van der Waals surface area contributed by atoms with Gasteiger partial charge in [0.25, 0.3) is 0 Å². The Balaban J connectivity index is 2.66. The molecule has 1 rings (SSSR count). The summed E-state index contributed by atoms with van der Waals surface area (Å²) in [4.78, 5) is 11.6. The monoisotopic (exact) mass is 168 g/mol. The van der Waals surface area contributed by atoms with Crippen LogP contribution in [0, 0.1) is 11.3 Å². The van der Waals surface area contributed by atoms with E-state index in [0.29, 0.717) is 18.1 Å². The Morgan fingerprint density at radius 2 is 2.08 bits per heavy atom. The molecule has 1 heteroatoms. The van der Waals surface area contributed by atoms with Crippen molar-refractivity contribution in [1.29, 1.82) is 0 Å². The summed E-state index contributed by atoms with van der Waals surface area (Å²) in [6.45, 7) is 6.46. The molecular weight excluding hydrogens is 148 g/mol. The molecule has 1 nitrogen and oxygen atoms in total. The maximum absolute atomic E-state index is 11.6. The van der Waals surface area contributed by atoms with Crippen molar-refractivity contribution in [1.82, 2.24) is 0 Å². The second kappa shape index (κ2) is 3.59. The van der Waals surface area contributed by atoms with Gasteiger partial charge in [-0.15, -0.1) is 0 Å². The fourth-order valence-electron chi connectivity index (χ4n) is 2.34. The molecule has 0 aromatic heterocycles. The van der Waals surface area contributed by atoms with Gasteiger partial charge in [-0.2, -0.15) is 0 Å². The highest BCUT2D eigenvalue weighted by atomic mass is 16.1. The molecule has 1 atom stereocenters. The first-order valence-electron chi connectivity index (χ1n) is 5.10. The topological polar surface area (TPSA) is 17.1 Å². The van der Waals surface area contributed by atoms with E-state index in [2.05, 4.69) is 13.8 Å². The highest BCUT2D eigenvalue weighted by Crippen LogP contribution is 2.41. The SMILES string of the molecule is CCC(=O)C1CCCCC1(C)C. The van der Waals surface area contributed by atoms with Crippen molar-refractivity contribution in [3.63, 3.8) is 0 Å². The van der Waals surface area contributed by atoms with Crippen LogP contribution in [0.1, 0.15) is 52.9 Å². The van der Waals surface area contributed by atoms with Gasteiger partial charge in [0, 0.05) is 12.3 Å². The zero-order valence-corrected chi connectivity index (χ0v) is 8.52. The van der Waals surface area contributed by atoms with E-state index in [-0.39, 0.29) is 5.41 Å². The van der Waals surface area contributed by atoms with Crippen molar-refractivity contribution in [2.45, 2.75) is 52.9 Å². The average molecular weight is 168 g/mol. The van der Waals surface area contributed by atoms with Crippen LogP contribution in [0.4, 0.5) is 0 Å². The number of hydrogen-bond donors (Lipinski definition) is 0. The molecule has 0 aromatic carbocycles. The first-order chi connectivity index (χ1) is 5.58. The molecule has 0 aliphatic heterocycles. The molecule has 0 spiro atoms. The van der Waals surface area contributed by atoms with Crippen LogP contribution in [0.3, 0.4) is 0 Å². The van der Waals surface area contributed by atoms with E-state index in [1.807, 2.05) is 6.92 Å². The fraction of sp³-hybridized carbons (Fsp3) is 0.909. The Morgan fingerprint density at radius 3 is 2.58 bits per heavy atom. The normalized spacial score (nSPS) is 28.4. The van der Waals surface area contributed by atoms with Crippen molar-refractivity contribution in [2.75, 3.05) is 0 Å². The molecule has 1 aliphatic carbocycles. The van der Waals surface area contributed by atoms with Gasteiger partial charge in [0.2, 0.25) is 0 Å². The second-order valence-electron chi connectivity index (χ2n) is 4.61. The molecule has 12 heavy (non-hydrogen) atoms. The molecular formula is C11H20O. The summed E-state index contributed by atoms with van der Waals surface area (Å²) in [7, 11) is 0. The van der Waals surface area contributed by atoms with E-state index in [0.717, 1.165) is 6.42 Å². The number of ketones is 1. The lowest BCUT2D eigenvalue weighted by molar-refractivity contribution is -0.127. The van der Waals surface area contributed by atoms with Crippen molar-refractivity contribution in [3.8, 4) is 0 Å². The molecule has 0 radical (unpaired) electrons. The number of carbonyl (C=O) groups is 1. The highest BCUT2D eigenvalue weighted by Gasteiger charge is 2.35. The van der Waals surface area contributed by atoms with E-state index in [1.165, 1.54) is 19.3 Å². The van der Waals surface area contributed by atoms with Crippen LogP contribution in [0.5, 0.6) is 0 Å². The third-order valence-corrected chi connectivity index (χ3v) is 3.24. The van der Waals surface area contributed by atoms with Gasteiger partial charge < -0.3 is 0 Å². The summed E-state index contributed by atoms with van der Waals surface area (Å²) >= 11 is 0. The summed E-state index contributed by atoms with van der Waals surface area (Å²) in [5.74, 6) is 0.816. The standard InChI is InChI=1S/C11H20O/c1-4-10(12)9-7-5-6-8-11(9,2)3/h9H,4-8H2,1-3H3. The van der Waals surface area contributed by atoms with Gasteiger partial charge in [0.1, 0.15) is 5.78 Å². The van der Waals surface area contributed by atoms with Crippen molar-refractivity contribution < 1.29 is 4.79 Å². The maximum Gasteiger partial charge on any atom is 0.136 e. The summed E-state index contributed by atoms with van der Waals surface area (Å²) in [6.07, 6.45) is 5.62. The molecule has 0 aromatic rings. The van der Waals surface area contributed by atoms with E-state index in [1.54, 1.807) is 0 Å². The predicted molar refractivity (Wildman–Crippen MR) is 51.0 cm³/mol. The molecule has 1 saturated carbocycles. The van der Waals surface area contributed by atoms with Crippen LogP contribution in [-0.2, 0) is 4.79 Å². The van der Waals surface area contributed by atoms with E-state index >= 15 is 0 Å². The van der Waals surface area contributed by atoms with Gasteiger partial charge in [0.05, 0.1) is 0 Å². The van der Waals surface area contributed by atoms with E-state index in [9.17, 15) is 4.79 Å². The third kappa shape index (κ3) is 1.88. The van der Waals surface area contributed by atoms with Crippen LogP contribution in [0.15, 0.2) is 0 Å². The van der Waals surface area contributed by atoms with Crippen molar-refractivity contribution in [3.05, 3.63) is 0 Å². The molecule has 0 saturated heterocycles. The number of rotatable bonds is 2. The minimum atomic E-state index is 0.269. The van der Waals surface area contributed by atoms with Crippen LogP contribution < -0.4 is 0 Å². The Labute approximate surface area is 75.5 Å². The van der Waals surface area contributed by atoms with Crippen LogP contribution in [0.25, 0.3) is 0 Å². The van der Waals surface area contributed by atoms with Gasteiger partial charge in [-0.25, -0.2) is 0 Å². The first-order valence-corrected chi connectivity index (χ1v) is 5.10. The van der Waals surface area contributed by atoms with E-state index < -0.39 is 0 Å². The van der Waals surface area contributed by atoms with Crippen LogP contribution in [-0.4, -0.2) is 5.78 Å². The molecule has 70 valence electrons. The average Bonchev–Trinajstić information content (AvgIpc) is 2.02. The zero-order chi connectivity index (χ0) is 9.19. The van der Waals surface area contributed by atoms with Gasteiger partial charge in [-0.1, -0.05) is 33.6 Å². The molecule has 1 fully saturated rings. The number of Topliss-reactive ketones (excluding diaryl/α,β-unsaturated/α-hetero) is 1. The number of carbonyl (C=O) groups excluding carboxylic acids is 1. The molecule has 1 unspecified atom stereocenters. The lowest BCUT2D eigenvalue weighted by Gasteiger charge is -2.37. The van der Waals surface area contributed by atoms with Crippen LogP contribution in [0.2, 0.25) is 0 Å². The van der Waals surface area contributed by atoms with E-state index in [4.69, 9.17) is 0 Å². The van der Waals surface area contributed by atoms with Gasteiger partial charge in [-0.3, -0.25) is 4.79 Å². The van der Waals surface area contributed by atoms with Gasteiger partial charge in [-0.05, 0) is 18.3 Å².